The van der Waals surface area contributed by atoms with Gasteiger partial charge >= 0.3 is 0 Å². The molecule has 0 fully saturated rings. The molecule has 0 radical (unpaired) electrons. The van der Waals surface area contributed by atoms with Crippen LogP contribution in [0.4, 0.5) is 0 Å². The highest BCUT2D eigenvalue weighted by Gasteiger charge is 2.13. The summed E-state index contributed by atoms with van der Waals surface area (Å²) in [6, 6.07) is 4.54. The normalized spacial score (nSPS) is 11.7. The molecule has 1 amide bonds. The van der Waals surface area contributed by atoms with Crippen LogP contribution >= 0.6 is 0 Å². The first-order valence-electron chi connectivity index (χ1n) is 3.44. The first-order valence-corrected chi connectivity index (χ1v) is 3.44. The minimum atomic E-state index is -0.683. The van der Waals surface area contributed by atoms with Gasteiger partial charge in [-0.3, -0.25) is 4.79 Å². The Labute approximate surface area is 69.8 Å². The number of carbonyl (C=O) groups is 1. The van der Waals surface area contributed by atoms with E-state index in [2.05, 4.69) is 5.32 Å². The summed E-state index contributed by atoms with van der Waals surface area (Å²) >= 11 is 0. The van der Waals surface area contributed by atoms with Crippen molar-refractivity contribution in [2.45, 2.75) is 13.0 Å². The molecule has 0 saturated heterocycles. The van der Waals surface area contributed by atoms with Gasteiger partial charge in [0, 0.05) is 6.92 Å². The summed E-state index contributed by atoms with van der Waals surface area (Å²) in [6.45, 7) is 1.35. The lowest BCUT2D eigenvalue weighted by Crippen LogP contribution is -2.24. The summed E-state index contributed by atoms with van der Waals surface area (Å²) in [5.41, 5.74) is 0. The van der Waals surface area contributed by atoms with Crippen molar-refractivity contribution in [1.29, 1.82) is 5.26 Å². The smallest absolute Gasteiger partial charge is 0.218 e. The lowest BCUT2D eigenvalue weighted by molar-refractivity contribution is -0.119. The van der Waals surface area contributed by atoms with E-state index in [1.165, 1.54) is 13.2 Å². The summed E-state index contributed by atoms with van der Waals surface area (Å²) in [5, 5.41) is 11.1. The van der Waals surface area contributed by atoms with E-state index < -0.39 is 6.04 Å². The summed E-state index contributed by atoms with van der Waals surface area (Å²) in [7, 11) is 0. The molecule has 0 saturated carbocycles. The average Bonchev–Trinajstić information content (AvgIpc) is 2.51. The molecule has 0 aliphatic carbocycles. The number of hydrogen-bond donors (Lipinski definition) is 1. The Morgan fingerprint density at radius 2 is 2.58 bits per heavy atom. The van der Waals surface area contributed by atoms with Crippen LogP contribution in [0, 0.1) is 11.3 Å². The van der Waals surface area contributed by atoms with Crippen LogP contribution in [-0.4, -0.2) is 5.91 Å². The Kier molecular flexibility index (Phi) is 2.49. The van der Waals surface area contributed by atoms with Gasteiger partial charge in [0.2, 0.25) is 5.91 Å². The number of nitrogens with one attached hydrogen (secondary N) is 1. The van der Waals surface area contributed by atoms with Crippen LogP contribution in [0.25, 0.3) is 0 Å². The van der Waals surface area contributed by atoms with Gasteiger partial charge < -0.3 is 9.73 Å². The molecule has 1 unspecified atom stereocenters. The topological polar surface area (TPSA) is 66.0 Å². The molecule has 62 valence electrons. The van der Waals surface area contributed by atoms with Crippen LogP contribution in [0.15, 0.2) is 22.8 Å². The molecular formula is C8H8N2O2. The van der Waals surface area contributed by atoms with E-state index in [9.17, 15) is 4.79 Å². The number of carbonyl (C=O) groups excluding carboxylic acids is 1. The van der Waals surface area contributed by atoms with Crippen LogP contribution in [0.2, 0.25) is 0 Å². The van der Waals surface area contributed by atoms with E-state index in [1.807, 2.05) is 6.07 Å². The van der Waals surface area contributed by atoms with Crippen LogP contribution in [-0.2, 0) is 4.79 Å². The number of amides is 1. The summed E-state index contributed by atoms with van der Waals surface area (Å²) in [4.78, 5) is 10.6. The molecule has 0 bridgehead atoms. The fourth-order valence-electron chi connectivity index (χ4n) is 0.826. The van der Waals surface area contributed by atoms with Gasteiger partial charge in [0.25, 0.3) is 0 Å². The van der Waals surface area contributed by atoms with Crippen molar-refractivity contribution in [3.63, 3.8) is 0 Å². The molecule has 12 heavy (non-hydrogen) atoms. The minimum Gasteiger partial charge on any atom is -0.466 e. The Hall–Kier alpha value is -1.76. The van der Waals surface area contributed by atoms with Gasteiger partial charge in [0.1, 0.15) is 5.76 Å². The molecule has 1 heterocycles. The summed E-state index contributed by atoms with van der Waals surface area (Å²) in [6.07, 6.45) is 1.46. The Morgan fingerprint density at radius 1 is 1.83 bits per heavy atom. The van der Waals surface area contributed by atoms with E-state index in [4.69, 9.17) is 9.68 Å². The third-order valence-electron chi connectivity index (χ3n) is 1.30. The first kappa shape index (κ1) is 8.34. The standard InChI is InChI=1S/C8H8N2O2/c1-6(11)10-7(5-9)8-3-2-4-12-8/h2-4,7H,1H3,(H,10,11). The van der Waals surface area contributed by atoms with Crippen molar-refractivity contribution in [2.24, 2.45) is 0 Å². The van der Waals surface area contributed by atoms with Crippen molar-refractivity contribution in [2.75, 3.05) is 0 Å². The van der Waals surface area contributed by atoms with Gasteiger partial charge in [-0.25, -0.2) is 0 Å². The highest BCUT2D eigenvalue weighted by Crippen LogP contribution is 2.11. The second-order valence-electron chi connectivity index (χ2n) is 2.28. The van der Waals surface area contributed by atoms with Gasteiger partial charge in [0.05, 0.1) is 12.3 Å². The third kappa shape index (κ3) is 1.86. The number of furan rings is 1. The van der Waals surface area contributed by atoms with Gasteiger partial charge in [-0.1, -0.05) is 0 Å². The fraction of sp³-hybridized carbons (Fsp3) is 0.250. The maximum absolute atomic E-state index is 10.6. The lowest BCUT2D eigenvalue weighted by atomic mass is 10.2. The minimum absolute atomic E-state index is 0.252. The number of nitriles is 1. The molecule has 0 aliphatic heterocycles. The molecule has 0 aromatic carbocycles. The Balaban J connectivity index is 2.72. The number of rotatable bonds is 2. The van der Waals surface area contributed by atoms with E-state index in [1.54, 1.807) is 12.1 Å². The van der Waals surface area contributed by atoms with Gasteiger partial charge in [-0.15, -0.1) is 0 Å². The molecular weight excluding hydrogens is 156 g/mol. The predicted molar refractivity (Wildman–Crippen MR) is 40.9 cm³/mol. The monoisotopic (exact) mass is 164 g/mol. The van der Waals surface area contributed by atoms with Crippen LogP contribution in [0.1, 0.15) is 18.7 Å². The molecule has 1 aromatic rings. The molecule has 0 spiro atoms. The van der Waals surface area contributed by atoms with E-state index in [0.717, 1.165) is 0 Å². The van der Waals surface area contributed by atoms with Crippen molar-refractivity contribution in [3.8, 4) is 6.07 Å². The molecule has 4 heteroatoms. The highest BCUT2D eigenvalue weighted by atomic mass is 16.3. The maximum Gasteiger partial charge on any atom is 0.218 e. The van der Waals surface area contributed by atoms with Crippen LogP contribution < -0.4 is 5.32 Å². The van der Waals surface area contributed by atoms with Crippen LogP contribution in [0.5, 0.6) is 0 Å². The zero-order valence-corrected chi connectivity index (χ0v) is 6.57. The zero-order chi connectivity index (χ0) is 8.97. The summed E-state index contributed by atoms with van der Waals surface area (Å²) < 4.78 is 4.95. The SMILES string of the molecule is CC(=O)NC(C#N)c1ccco1. The quantitative estimate of drug-likeness (QED) is 0.708. The number of hydrogen-bond acceptors (Lipinski definition) is 3. The van der Waals surface area contributed by atoms with E-state index >= 15 is 0 Å². The van der Waals surface area contributed by atoms with Crippen molar-refractivity contribution in [1.82, 2.24) is 5.32 Å². The van der Waals surface area contributed by atoms with Crippen molar-refractivity contribution >= 4 is 5.91 Å². The lowest BCUT2D eigenvalue weighted by Gasteiger charge is -2.05. The molecule has 0 aliphatic rings. The average molecular weight is 164 g/mol. The molecule has 1 aromatic heterocycles. The molecule has 1 N–H and O–H groups in total. The maximum atomic E-state index is 10.6. The van der Waals surface area contributed by atoms with Crippen molar-refractivity contribution < 1.29 is 9.21 Å². The predicted octanol–water partition coefficient (Wildman–Crippen LogP) is 0.980. The first-order chi connectivity index (χ1) is 5.74. The van der Waals surface area contributed by atoms with Gasteiger partial charge in [-0.2, -0.15) is 5.26 Å². The molecule has 1 rings (SSSR count). The Bertz CT molecular complexity index is 297. The third-order valence-corrected chi connectivity index (χ3v) is 1.30. The number of nitrogens with zero attached hydrogens (tertiary/aromatic N) is 1. The highest BCUT2D eigenvalue weighted by molar-refractivity contribution is 5.73. The molecule has 4 nitrogen and oxygen atoms in total. The van der Waals surface area contributed by atoms with Crippen LogP contribution in [0.3, 0.4) is 0 Å². The largest absolute Gasteiger partial charge is 0.466 e. The van der Waals surface area contributed by atoms with Gasteiger partial charge in [-0.05, 0) is 12.1 Å². The summed E-state index contributed by atoms with van der Waals surface area (Å²) in [5.74, 6) is 0.200. The van der Waals surface area contributed by atoms with E-state index in [0.29, 0.717) is 5.76 Å². The second-order valence-corrected chi connectivity index (χ2v) is 2.28. The fourth-order valence-corrected chi connectivity index (χ4v) is 0.826. The Morgan fingerprint density at radius 3 is 3.00 bits per heavy atom. The molecule has 1 atom stereocenters. The zero-order valence-electron chi connectivity index (χ0n) is 6.57. The second kappa shape index (κ2) is 3.58. The van der Waals surface area contributed by atoms with Gasteiger partial charge in [0.15, 0.2) is 6.04 Å². The van der Waals surface area contributed by atoms with Crippen molar-refractivity contribution in [3.05, 3.63) is 24.2 Å². The van der Waals surface area contributed by atoms with E-state index in [-0.39, 0.29) is 5.91 Å².